The maximum Gasteiger partial charge on any atom is 0.287 e. The number of amides is 1. The van der Waals surface area contributed by atoms with E-state index in [1.54, 1.807) is 12.1 Å². The number of furan rings is 1. The second-order valence-corrected chi connectivity index (χ2v) is 6.26. The van der Waals surface area contributed by atoms with Crippen LogP contribution in [0.1, 0.15) is 48.5 Å². The average molecular weight is 317 g/mol. The Kier molecular flexibility index (Phi) is 4.76. The van der Waals surface area contributed by atoms with Gasteiger partial charge >= 0.3 is 0 Å². The monoisotopic (exact) mass is 317 g/mol. The minimum atomic E-state index is -0.218. The van der Waals surface area contributed by atoms with Gasteiger partial charge in [-0.1, -0.05) is 13.8 Å². The van der Waals surface area contributed by atoms with Crippen molar-refractivity contribution in [2.45, 2.75) is 39.3 Å². The summed E-state index contributed by atoms with van der Waals surface area (Å²) < 4.78 is 7.32. The number of nitrogens with zero attached hydrogens (tertiary/aromatic N) is 3. The van der Waals surface area contributed by atoms with Crippen LogP contribution in [0, 0.1) is 5.92 Å². The molecule has 0 bridgehead atoms. The Hall–Kier alpha value is -2.15. The zero-order valence-corrected chi connectivity index (χ0v) is 13.6. The highest BCUT2D eigenvalue weighted by molar-refractivity contribution is 5.91. The molecule has 3 heterocycles. The fraction of sp³-hybridized carbons (Fsp3) is 0.562. The van der Waals surface area contributed by atoms with Crippen molar-refractivity contribution in [3.63, 3.8) is 0 Å². The SMILES string of the molecule is CC(C)CC(NC(=O)c1ccco1)c1nnc2n1CCNCC2. The zero-order valence-electron chi connectivity index (χ0n) is 13.6. The summed E-state index contributed by atoms with van der Waals surface area (Å²) >= 11 is 0. The van der Waals surface area contributed by atoms with Crippen molar-refractivity contribution in [1.29, 1.82) is 0 Å². The van der Waals surface area contributed by atoms with E-state index in [9.17, 15) is 4.79 Å². The number of hydrogen-bond donors (Lipinski definition) is 2. The number of fused-ring (bicyclic) bond motifs is 1. The fourth-order valence-electron chi connectivity index (χ4n) is 2.89. The van der Waals surface area contributed by atoms with Crippen molar-refractivity contribution >= 4 is 5.91 Å². The summed E-state index contributed by atoms with van der Waals surface area (Å²) in [5.74, 6) is 2.33. The molecule has 2 aromatic heterocycles. The van der Waals surface area contributed by atoms with Gasteiger partial charge in [0.25, 0.3) is 5.91 Å². The fourth-order valence-corrected chi connectivity index (χ4v) is 2.89. The molecule has 7 heteroatoms. The summed E-state index contributed by atoms with van der Waals surface area (Å²) in [5.41, 5.74) is 0. The molecule has 1 amide bonds. The maximum atomic E-state index is 12.4. The summed E-state index contributed by atoms with van der Waals surface area (Å²) in [6.07, 6.45) is 3.16. The van der Waals surface area contributed by atoms with Gasteiger partial charge < -0.3 is 19.6 Å². The number of rotatable bonds is 5. The summed E-state index contributed by atoms with van der Waals surface area (Å²) in [4.78, 5) is 12.4. The first-order valence-electron chi connectivity index (χ1n) is 8.12. The molecule has 2 aromatic rings. The Morgan fingerprint density at radius 1 is 1.43 bits per heavy atom. The maximum absolute atomic E-state index is 12.4. The van der Waals surface area contributed by atoms with E-state index in [-0.39, 0.29) is 11.9 Å². The van der Waals surface area contributed by atoms with Crippen LogP contribution in [0.3, 0.4) is 0 Å². The van der Waals surface area contributed by atoms with Crippen molar-refractivity contribution in [2.24, 2.45) is 5.92 Å². The van der Waals surface area contributed by atoms with Crippen LogP contribution in [0.25, 0.3) is 0 Å². The van der Waals surface area contributed by atoms with Crippen LogP contribution in [-0.4, -0.2) is 33.8 Å². The summed E-state index contributed by atoms with van der Waals surface area (Å²) in [6.45, 7) is 6.88. The number of hydrogen-bond acceptors (Lipinski definition) is 5. The molecule has 124 valence electrons. The van der Waals surface area contributed by atoms with Gasteiger partial charge in [0.15, 0.2) is 11.6 Å². The normalized spacial score (nSPS) is 16.0. The molecule has 1 aliphatic heterocycles. The molecule has 2 N–H and O–H groups in total. The topological polar surface area (TPSA) is 85.0 Å². The van der Waals surface area contributed by atoms with Crippen molar-refractivity contribution in [3.8, 4) is 0 Å². The Morgan fingerprint density at radius 3 is 3.04 bits per heavy atom. The average Bonchev–Trinajstić information content (AvgIpc) is 3.12. The highest BCUT2D eigenvalue weighted by Gasteiger charge is 2.25. The molecule has 3 rings (SSSR count). The van der Waals surface area contributed by atoms with Gasteiger partial charge in [-0.25, -0.2) is 0 Å². The number of carbonyl (C=O) groups excluding carboxylic acids is 1. The van der Waals surface area contributed by atoms with Crippen LogP contribution < -0.4 is 10.6 Å². The van der Waals surface area contributed by atoms with Gasteiger partial charge in [0, 0.05) is 26.1 Å². The van der Waals surface area contributed by atoms with Gasteiger partial charge in [-0.15, -0.1) is 10.2 Å². The lowest BCUT2D eigenvalue weighted by Crippen LogP contribution is -2.32. The van der Waals surface area contributed by atoms with Gasteiger partial charge in [-0.3, -0.25) is 4.79 Å². The Balaban J connectivity index is 1.84. The van der Waals surface area contributed by atoms with Gasteiger partial charge in [0.1, 0.15) is 5.82 Å². The molecule has 0 fully saturated rings. The predicted octanol–water partition coefficient (Wildman–Crippen LogP) is 1.53. The smallest absolute Gasteiger partial charge is 0.287 e. The van der Waals surface area contributed by atoms with E-state index >= 15 is 0 Å². The third-order valence-electron chi connectivity index (χ3n) is 3.96. The molecule has 23 heavy (non-hydrogen) atoms. The van der Waals surface area contributed by atoms with Gasteiger partial charge in [0.2, 0.25) is 0 Å². The molecule has 0 aliphatic carbocycles. The highest BCUT2D eigenvalue weighted by atomic mass is 16.3. The van der Waals surface area contributed by atoms with Crippen LogP contribution in [0.4, 0.5) is 0 Å². The minimum Gasteiger partial charge on any atom is -0.459 e. The van der Waals surface area contributed by atoms with Crippen LogP contribution in [-0.2, 0) is 13.0 Å². The second-order valence-electron chi connectivity index (χ2n) is 6.26. The molecule has 1 atom stereocenters. The van der Waals surface area contributed by atoms with Crippen LogP contribution in [0.5, 0.6) is 0 Å². The molecule has 0 radical (unpaired) electrons. The third kappa shape index (κ3) is 3.61. The van der Waals surface area contributed by atoms with Crippen LogP contribution >= 0.6 is 0 Å². The molecular weight excluding hydrogens is 294 g/mol. The van der Waals surface area contributed by atoms with Gasteiger partial charge in [0.05, 0.1) is 12.3 Å². The molecule has 0 aromatic carbocycles. The third-order valence-corrected chi connectivity index (χ3v) is 3.96. The largest absolute Gasteiger partial charge is 0.459 e. The van der Waals surface area contributed by atoms with Crippen LogP contribution in [0.15, 0.2) is 22.8 Å². The Labute approximate surface area is 135 Å². The number of carbonyl (C=O) groups is 1. The summed E-state index contributed by atoms with van der Waals surface area (Å²) in [7, 11) is 0. The lowest BCUT2D eigenvalue weighted by atomic mass is 10.0. The quantitative estimate of drug-likeness (QED) is 0.873. The van der Waals surface area contributed by atoms with Crippen molar-refractivity contribution in [3.05, 3.63) is 35.8 Å². The standard InChI is InChI=1S/C16H23N5O2/c1-11(2)10-12(18-16(22)13-4-3-9-23-13)15-20-19-14-5-6-17-7-8-21(14)15/h3-4,9,11-12,17H,5-8,10H2,1-2H3,(H,18,22). The molecule has 0 saturated carbocycles. The predicted molar refractivity (Wildman–Crippen MR) is 85.0 cm³/mol. The van der Waals surface area contributed by atoms with Gasteiger partial charge in [-0.2, -0.15) is 0 Å². The molecular formula is C16H23N5O2. The second kappa shape index (κ2) is 6.95. The first-order chi connectivity index (χ1) is 11.1. The molecule has 0 spiro atoms. The van der Waals surface area contributed by atoms with Crippen molar-refractivity contribution < 1.29 is 9.21 Å². The Morgan fingerprint density at radius 2 is 2.30 bits per heavy atom. The number of nitrogens with one attached hydrogen (secondary N) is 2. The van der Waals surface area contributed by atoms with E-state index in [1.165, 1.54) is 6.26 Å². The molecule has 0 saturated heterocycles. The van der Waals surface area contributed by atoms with E-state index in [2.05, 4.69) is 39.2 Å². The lowest BCUT2D eigenvalue weighted by Gasteiger charge is -2.20. The summed E-state index contributed by atoms with van der Waals surface area (Å²) in [5, 5.41) is 15.1. The molecule has 1 aliphatic rings. The lowest BCUT2D eigenvalue weighted by molar-refractivity contribution is 0.0900. The first-order valence-corrected chi connectivity index (χ1v) is 8.12. The van der Waals surface area contributed by atoms with Crippen molar-refractivity contribution in [1.82, 2.24) is 25.4 Å². The van der Waals surface area contributed by atoms with Crippen molar-refractivity contribution in [2.75, 3.05) is 13.1 Å². The molecule has 1 unspecified atom stereocenters. The number of aromatic nitrogens is 3. The highest BCUT2D eigenvalue weighted by Crippen LogP contribution is 2.22. The van der Waals surface area contributed by atoms with E-state index in [4.69, 9.17) is 4.42 Å². The Bertz CT molecular complexity index is 647. The molecule has 7 nitrogen and oxygen atoms in total. The van der Waals surface area contributed by atoms with Gasteiger partial charge in [-0.05, 0) is 24.5 Å². The van der Waals surface area contributed by atoms with E-state index < -0.39 is 0 Å². The van der Waals surface area contributed by atoms with E-state index in [1.807, 2.05) is 0 Å². The van der Waals surface area contributed by atoms with Crippen LogP contribution in [0.2, 0.25) is 0 Å². The van der Waals surface area contributed by atoms with E-state index in [0.29, 0.717) is 11.7 Å². The zero-order chi connectivity index (χ0) is 16.2. The van der Waals surface area contributed by atoms with E-state index in [0.717, 1.165) is 44.1 Å². The first kappa shape index (κ1) is 15.7. The summed E-state index contributed by atoms with van der Waals surface area (Å²) in [6, 6.07) is 3.20. The minimum absolute atomic E-state index is 0.174.